The molecule has 1 aromatic carbocycles. The summed E-state index contributed by atoms with van der Waals surface area (Å²) in [7, 11) is 0. The molecule has 3 unspecified atom stereocenters. The number of benzene rings is 1. The van der Waals surface area contributed by atoms with E-state index in [9.17, 15) is 14.7 Å². The molecule has 8 aliphatic rings. The van der Waals surface area contributed by atoms with Crippen LogP contribution in [0, 0.1) is 56.7 Å². The number of nitrogens with one attached hydrogen (secondary N) is 1. The molecule has 2 N–H and O–H groups in total. The van der Waals surface area contributed by atoms with Crippen molar-refractivity contribution in [1.29, 1.82) is 0 Å². The van der Waals surface area contributed by atoms with Crippen LogP contribution in [0.3, 0.4) is 0 Å². The molecule has 312 valence electrons. The van der Waals surface area contributed by atoms with Crippen LogP contribution in [0.25, 0.3) is 5.57 Å². The molecule has 1 spiro atoms. The van der Waals surface area contributed by atoms with Gasteiger partial charge in [-0.25, -0.2) is 9.59 Å². The van der Waals surface area contributed by atoms with E-state index in [4.69, 9.17) is 4.74 Å². The lowest BCUT2D eigenvalue weighted by Crippen LogP contribution is -2.77. The summed E-state index contributed by atoms with van der Waals surface area (Å²) in [6.45, 7) is 30.2. The minimum Gasteiger partial charge on any atom is -0.478 e. The van der Waals surface area contributed by atoms with Gasteiger partial charge in [0.15, 0.2) is 0 Å². The highest BCUT2D eigenvalue weighted by Crippen LogP contribution is 2.76. The van der Waals surface area contributed by atoms with Crippen molar-refractivity contribution in [3.05, 3.63) is 53.6 Å². The Kier molecular flexibility index (Phi) is 9.03. The summed E-state index contributed by atoms with van der Waals surface area (Å²) >= 11 is 0. The maximum Gasteiger partial charge on any atom is 0.410 e. The maximum absolute atomic E-state index is 13.2. The van der Waals surface area contributed by atoms with Crippen LogP contribution in [0.1, 0.15) is 149 Å². The number of carbonyl (C=O) groups is 2. The zero-order valence-corrected chi connectivity index (χ0v) is 36.8. The van der Waals surface area contributed by atoms with Crippen LogP contribution in [0.5, 0.6) is 0 Å². The second kappa shape index (κ2) is 12.9. The number of piperidine rings is 1. The molecular formula is C50H73N3O4. The molecule has 9 rings (SSSR count). The average molecular weight is 780 g/mol. The van der Waals surface area contributed by atoms with Crippen molar-refractivity contribution >= 4 is 17.6 Å². The Bertz CT molecular complexity index is 1860. The van der Waals surface area contributed by atoms with Gasteiger partial charge in [-0.15, -0.1) is 0 Å². The highest BCUT2D eigenvalue weighted by Gasteiger charge is 2.72. The first-order chi connectivity index (χ1) is 26.7. The Morgan fingerprint density at radius 3 is 2.28 bits per heavy atom. The van der Waals surface area contributed by atoms with Gasteiger partial charge >= 0.3 is 12.1 Å². The number of aromatic carboxylic acids is 1. The zero-order chi connectivity index (χ0) is 40.7. The molecule has 2 saturated heterocycles. The number of hydrogen-bond donors (Lipinski definition) is 2. The van der Waals surface area contributed by atoms with Crippen LogP contribution in [0.4, 0.5) is 4.79 Å². The first-order valence-electron chi connectivity index (χ1n) is 22.9. The van der Waals surface area contributed by atoms with Gasteiger partial charge in [0.2, 0.25) is 0 Å². The van der Waals surface area contributed by atoms with Crippen molar-refractivity contribution in [2.24, 2.45) is 56.7 Å². The predicted octanol–water partition coefficient (Wildman–Crippen LogP) is 10.5. The Morgan fingerprint density at radius 1 is 0.895 bits per heavy atom. The third-order valence-electron chi connectivity index (χ3n) is 19.4. The van der Waals surface area contributed by atoms with Crippen molar-refractivity contribution in [3.63, 3.8) is 0 Å². The van der Waals surface area contributed by atoms with E-state index in [2.05, 4.69) is 69.3 Å². The van der Waals surface area contributed by atoms with Gasteiger partial charge in [-0.05, 0) is 173 Å². The topological polar surface area (TPSA) is 82.1 Å². The molecule has 7 fully saturated rings. The first-order valence-corrected chi connectivity index (χ1v) is 22.9. The summed E-state index contributed by atoms with van der Waals surface area (Å²) in [4.78, 5) is 29.6. The molecule has 2 heterocycles. The smallest absolute Gasteiger partial charge is 0.410 e. The molecule has 0 aromatic heterocycles. The van der Waals surface area contributed by atoms with E-state index < -0.39 is 11.6 Å². The number of carbonyl (C=O) groups excluding carboxylic acids is 1. The molecule has 5 saturated carbocycles. The zero-order valence-electron chi connectivity index (χ0n) is 36.8. The summed E-state index contributed by atoms with van der Waals surface area (Å²) in [6.07, 6.45) is 16.2. The first kappa shape index (κ1) is 39.8. The van der Waals surface area contributed by atoms with Crippen LogP contribution in [-0.2, 0) is 4.74 Å². The Hall–Kier alpha value is -2.64. The van der Waals surface area contributed by atoms with Gasteiger partial charge in [-0.2, -0.15) is 0 Å². The number of ether oxygens (including phenoxy) is 1. The SMILES string of the molecule is C=C(C)[C@@H]1CC[C@]2(NCCN3CC4N(C(=O)OC(C)(C)C)C5CCC54C3)CC[C@]3(C)[C@H](CC[C@@H]4[C@@]5(C)CC=C(c6ccc(C(=O)O)cc6)C(C)(C)[C@@H]5CC[C@]43C)[C@@H]12. The van der Waals surface area contributed by atoms with Gasteiger partial charge in [0.05, 0.1) is 11.6 Å². The monoisotopic (exact) mass is 780 g/mol. The van der Waals surface area contributed by atoms with E-state index in [0.29, 0.717) is 52.7 Å². The number of allylic oxidation sites excluding steroid dienone is 3. The van der Waals surface area contributed by atoms with E-state index in [1.165, 1.54) is 74.5 Å². The fourth-order valence-corrected chi connectivity index (χ4v) is 16.7. The Labute approximate surface area is 343 Å². The number of rotatable bonds is 7. The quantitative estimate of drug-likeness (QED) is 0.268. The second-order valence-electron chi connectivity index (χ2n) is 23.1. The Balaban J connectivity index is 0.923. The fraction of sp³-hybridized carbons (Fsp3) is 0.760. The summed E-state index contributed by atoms with van der Waals surface area (Å²) in [5.74, 6) is 2.32. The minimum atomic E-state index is -0.862. The van der Waals surface area contributed by atoms with Gasteiger partial charge in [-0.3, -0.25) is 9.80 Å². The molecule has 12 atom stereocenters. The molecular weight excluding hydrogens is 707 g/mol. The van der Waals surface area contributed by atoms with E-state index in [1.54, 1.807) is 12.1 Å². The van der Waals surface area contributed by atoms with Gasteiger partial charge in [0.25, 0.3) is 0 Å². The van der Waals surface area contributed by atoms with Gasteiger partial charge in [0.1, 0.15) is 5.60 Å². The molecule has 6 aliphatic carbocycles. The Morgan fingerprint density at radius 2 is 1.63 bits per heavy atom. The standard InChI is InChI=1S/C50H73N3O4/c1-31(2)34-17-24-50(51-27-28-52-29-40-49(30-52)23-20-39(49)53(40)43(56)57-44(3,4)5)26-25-47(9)36(41(34)50)15-16-38-46(8)21-18-35(32-11-13-33(14-12-32)42(54)55)45(6,7)37(46)19-22-48(38,47)10/h11-14,18,34,36-41,51H,1,15-17,19-30H2,2-10H3,(H,54,55)/t34-,36+,37-,38+,39?,40?,41+,46-,47+,48+,49?,50-/m0/s1. The van der Waals surface area contributed by atoms with Crippen LogP contribution < -0.4 is 5.32 Å². The average Bonchev–Trinajstić information content (AvgIpc) is 3.69. The van der Waals surface area contributed by atoms with Crippen LogP contribution in [0.15, 0.2) is 42.5 Å². The summed E-state index contributed by atoms with van der Waals surface area (Å²) < 4.78 is 5.86. The molecule has 1 amide bonds. The number of hydrogen-bond acceptors (Lipinski definition) is 5. The molecule has 1 aromatic rings. The molecule has 57 heavy (non-hydrogen) atoms. The number of carboxylic acid groups (broad SMARTS) is 1. The fourth-order valence-electron chi connectivity index (χ4n) is 16.7. The van der Waals surface area contributed by atoms with Crippen molar-refractivity contribution in [2.45, 2.75) is 156 Å². The summed E-state index contributed by atoms with van der Waals surface area (Å²) in [5, 5.41) is 13.9. The van der Waals surface area contributed by atoms with Crippen LogP contribution in [0.2, 0.25) is 0 Å². The van der Waals surface area contributed by atoms with Crippen LogP contribution >= 0.6 is 0 Å². The van der Waals surface area contributed by atoms with Gasteiger partial charge in [0, 0.05) is 43.2 Å². The van der Waals surface area contributed by atoms with E-state index >= 15 is 0 Å². The lowest BCUT2D eigenvalue weighted by Gasteiger charge is -2.72. The number of nitrogens with zero attached hydrogens (tertiary/aromatic N) is 2. The third kappa shape index (κ3) is 5.54. The third-order valence-corrected chi connectivity index (χ3v) is 19.4. The summed E-state index contributed by atoms with van der Waals surface area (Å²) in [6, 6.07) is 8.31. The van der Waals surface area contributed by atoms with Crippen molar-refractivity contribution < 1.29 is 19.4 Å². The highest BCUT2D eigenvalue weighted by atomic mass is 16.6. The predicted molar refractivity (Wildman–Crippen MR) is 228 cm³/mol. The number of amides is 1. The number of fused-ring (bicyclic) bond motifs is 7. The lowest BCUT2D eigenvalue weighted by molar-refractivity contribution is -0.219. The molecule has 0 radical (unpaired) electrons. The number of likely N-dealkylation sites (tertiary alicyclic amines) is 2. The normalized spacial score (nSPS) is 44.1. The maximum atomic E-state index is 13.2. The second-order valence-corrected chi connectivity index (χ2v) is 23.1. The lowest BCUT2D eigenvalue weighted by atomic mass is 9.33. The highest BCUT2D eigenvalue weighted by molar-refractivity contribution is 5.88. The van der Waals surface area contributed by atoms with Gasteiger partial charge in [-0.1, -0.05) is 65.0 Å². The van der Waals surface area contributed by atoms with Crippen LogP contribution in [-0.4, -0.2) is 76.4 Å². The largest absolute Gasteiger partial charge is 0.478 e. The van der Waals surface area contributed by atoms with E-state index in [1.807, 2.05) is 32.9 Å². The molecule has 0 bridgehead atoms. The van der Waals surface area contributed by atoms with E-state index in [-0.39, 0.29) is 33.3 Å². The summed E-state index contributed by atoms with van der Waals surface area (Å²) in [5.41, 5.74) is 5.18. The van der Waals surface area contributed by atoms with Crippen molar-refractivity contribution in [3.8, 4) is 0 Å². The van der Waals surface area contributed by atoms with Crippen molar-refractivity contribution in [1.82, 2.24) is 15.1 Å². The van der Waals surface area contributed by atoms with E-state index in [0.717, 1.165) is 39.0 Å². The van der Waals surface area contributed by atoms with Crippen molar-refractivity contribution in [2.75, 3.05) is 26.2 Å². The van der Waals surface area contributed by atoms with Gasteiger partial charge < -0.3 is 15.2 Å². The minimum absolute atomic E-state index is 0.0149. The molecule has 7 nitrogen and oxygen atoms in total. The number of carboxylic acids is 1. The molecule has 7 heteroatoms. The molecule has 2 aliphatic heterocycles.